The molecule has 0 saturated carbocycles. The molecule has 8 nitrogen and oxygen atoms in total. The Labute approximate surface area is 212 Å². The number of hydrogen-bond donors (Lipinski definition) is 2. The van der Waals surface area contributed by atoms with Gasteiger partial charge in [0.1, 0.15) is 16.5 Å². The molecule has 4 rings (SSSR count). The van der Waals surface area contributed by atoms with E-state index in [-0.39, 0.29) is 39.1 Å². The Morgan fingerprint density at radius 2 is 1.80 bits per heavy atom. The van der Waals surface area contributed by atoms with E-state index in [2.05, 4.69) is 22.4 Å². The smallest absolute Gasteiger partial charge is 0.271 e. The summed E-state index contributed by atoms with van der Waals surface area (Å²) >= 11 is 12.3. The van der Waals surface area contributed by atoms with Crippen LogP contribution in [0.5, 0.6) is 0 Å². The number of benzene rings is 2. The van der Waals surface area contributed by atoms with Crippen LogP contribution >= 0.6 is 23.2 Å². The van der Waals surface area contributed by atoms with Gasteiger partial charge in [-0.05, 0) is 69.4 Å². The van der Waals surface area contributed by atoms with Crippen molar-refractivity contribution in [2.75, 3.05) is 32.5 Å². The van der Waals surface area contributed by atoms with Gasteiger partial charge in [-0.2, -0.15) is 5.10 Å². The van der Waals surface area contributed by atoms with Crippen LogP contribution in [0.1, 0.15) is 33.7 Å². The summed E-state index contributed by atoms with van der Waals surface area (Å²) < 4.78 is 15.2. The van der Waals surface area contributed by atoms with Gasteiger partial charge in [-0.1, -0.05) is 23.2 Å². The van der Waals surface area contributed by atoms with Crippen LogP contribution < -0.4 is 11.1 Å². The van der Waals surface area contributed by atoms with Gasteiger partial charge in [0.05, 0.1) is 16.9 Å². The van der Waals surface area contributed by atoms with Crippen LogP contribution in [0.3, 0.4) is 0 Å². The summed E-state index contributed by atoms with van der Waals surface area (Å²) in [5.74, 6) is -1.52. The highest BCUT2D eigenvalue weighted by Crippen LogP contribution is 2.32. The number of carbonyl (C=O) groups excluding carboxylic acids is 2. The van der Waals surface area contributed by atoms with Gasteiger partial charge in [0.15, 0.2) is 5.69 Å². The molecule has 0 radical (unpaired) electrons. The second kappa shape index (κ2) is 10.2. The predicted octanol–water partition coefficient (Wildman–Crippen LogP) is 4.33. The third-order valence-corrected chi connectivity index (χ3v) is 6.83. The Kier molecular flexibility index (Phi) is 7.30. The first-order valence-electron chi connectivity index (χ1n) is 11.0. The Morgan fingerprint density at radius 1 is 1.14 bits per heavy atom. The summed E-state index contributed by atoms with van der Waals surface area (Å²) in [6.45, 7) is 1.93. The zero-order valence-corrected chi connectivity index (χ0v) is 20.8. The minimum atomic E-state index is -0.790. The van der Waals surface area contributed by atoms with E-state index in [4.69, 9.17) is 28.9 Å². The Hall–Kier alpha value is -3.14. The van der Waals surface area contributed by atoms with Crippen molar-refractivity contribution in [3.05, 3.63) is 69.7 Å². The number of nitrogens with two attached hydrogens (primary N) is 1. The van der Waals surface area contributed by atoms with E-state index in [1.807, 2.05) is 7.05 Å². The van der Waals surface area contributed by atoms with Crippen molar-refractivity contribution in [1.82, 2.24) is 19.6 Å². The van der Waals surface area contributed by atoms with E-state index in [9.17, 15) is 14.0 Å². The van der Waals surface area contributed by atoms with Gasteiger partial charge < -0.3 is 20.9 Å². The summed E-state index contributed by atoms with van der Waals surface area (Å²) in [7, 11) is 3.92. The third-order valence-electron chi connectivity index (χ3n) is 6.16. The first-order chi connectivity index (χ1) is 16.7. The molecule has 1 saturated heterocycles. The standard InChI is InChI=1S/C24H25Cl2FN6O2/c1-31-11-9-16(10-12-31)32(2)24(35)14-3-5-15(6-4-14)29-19-13-33(30-21(19)23(28)34)22-17(25)7-8-18(27)20(22)26/h3-8,13,16,29H,9-12H2,1-2H3,(H2,28,34). The Balaban J connectivity index is 1.54. The maximum atomic E-state index is 14.0. The van der Waals surface area contributed by atoms with E-state index in [0.717, 1.165) is 32.0 Å². The molecular formula is C24H25Cl2FN6O2. The van der Waals surface area contributed by atoms with Crippen molar-refractivity contribution >= 4 is 46.4 Å². The Bertz CT molecular complexity index is 1260. The zero-order valence-electron chi connectivity index (χ0n) is 19.3. The largest absolute Gasteiger partial charge is 0.364 e. The highest BCUT2D eigenvalue weighted by atomic mass is 35.5. The van der Waals surface area contributed by atoms with Gasteiger partial charge in [-0.25, -0.2) is 9.07 Å². The van der Waals surface area contributed by atoms with Crippen molar-refractivity contribution in [1.29, 1.82) is 0 Å². The maximum Gasteiger partial charge on any atom is 0.271 e. The highest BCUT2D eigenvalue weighted by Gasteiger charge is 2.25. The third kappa shape index (κ3) is 5.27. The first-order valence-corrected chi connectivity index (χ1v) is 11.8. The van der Waals surface area contributed by atoms with E-state index >= 15 is 0 Å². The topological polar surface area (TPSA) is 96.5 Å². The molecule has 0 spiro atoms. The van der Waals surface area contributed by atoms with Crippen molar-refractivity contribution in [3.63, 3.8) is 0 Å². The van der Waals surface area contributed by atoms with E-state index in [0.29, 0.717) is 11.3 Å². The van der Waals surface area contributed by atoms with Gasteiger partial charge in [0.2, 0.25) is 0 Å². The molecule has 35 heavy (non-hydrogen) atoms. The number of anilines is 2. The molecule has 3 N–H and O–H groups in total. The SMILES string of the molecule is CN1CCC(N(C)C(=O)c2ccc(Nc3cn(-c4c(Cl)ccc(F)c4Cl)nc3C(N)=O)cc2)CC1. The molecule has 3 aromatic rings. The number of nitrogens with one attached hydrogen (secondary N) is 1. The van der Waals surface area contributed by atoms with Crippen LogP contribution in [-0.2, 0) is 0 Å². The van der Waals surface area contributed by atoms with Crippen molar-refractivity contribution < 1.29 is 14.0 Å². The molecule has 184 valence electrons. The molecule has 0 bridgehead atoms. The molecule has 1 aliphatic rings. The molecule has 0 unspecified atom stereocenters. The number of primary amides is 1. The van der Waals surface area contributed by atoms with Crippen LogP contribution in [0.15, 0.2) is 42.6 Å². The van der Waals surface area contributed by atoms with E-state index in [1.54, 1.807) is 29.2 Å². The number of hydrogen-bond acceptors (Lipinski definition) is 5. The number of carbonyl (C=O) groups is 2. The predicted molar refractivity (Wildman–Crippen MR) is 134 cm³/mol. The fourth-order valence-electron chi connectivity index (χ4n) is 4.09. The van der Waals surface area contributed by atoms with Crippen LogP contribution in [0.4, 0.5) is 15.8 Å². The molecule has 2 aromatic carbocycles. The molecule has 2 heterocycles. The van der Waals surface area contributed by atoms with Crippen LogP contribution in [0.25, 0.3) is 5.69 Å². The maximum absolute atomic E-state index is 14.0. The molecule has 1 fully saturated rings. The number of halogens is 3. The number of nitrogens with zero attached hydrogens (tertiary/aromatic N) is 4. The first kappa shape index (κ1) is 25.0. The number of aromatic nitrogens is 2. The molecule has 2 amide bonds. The van der Waals surface area contributed by atoms with Crippen molar-refractivity contribution in [3.8, 4) is 5.69 Å². The van der Waals surface area contributed by atoms with E-state index < -0.39 is 11.7 Å². The molecular weight excluding hydrogens is 494 g/mol. The van der Waals surface area contributed by atoms with Crippen molar-refractivity contribution in [2.45, 2.75) is 18.9 Å². The zero-order chi connectivity index (χ0) is 25.3. The average Bonchev–Trinajstić information content (AvgIpc) is 3.25. The lowest BCUT2D eigenvalue weighted by atomic mass is 10.0. The summed E-state index contributed by atoms with van der Waals surface area (Å²) in [5.41, 5.74) is 6.93. The number of rotatable bonds is 6. The summed E-state index contributed by atoms with van der Waals surface area (Å²) in [4.78, 5) is 29.0. The molecule has 1 aliphatic heterocycles. The lowest BCUT2D eigenvalue weighted by Crippen LogP contribution is -2.44. The Morgan fingerprint density at radius 3 is 2.43 bits per heavy atom. The summed E-state index contributed by atoms with van der Waals surface area (Å²) in [6.07, 6.45) is 3.33. The van der Waals surface area contributed by atoms with Gasteiger partial charge in [-0.15, -0.1) is 0 Å². The summed E-state index contributed by atoms with van der Waals surface area (Å²) in [6, 6.07) is 9.56. The monoisotopic (exact) mass is 518 g/mol. The molecule has 1 aromatic heterocycles. The fraction of sp³-hybridized carbons (Fsp3) is 0.292. The molecule has 0 aliphatic carbocycles. The number of amides is 2. The van der Waals surface area contributed by atoms with Crippen LogP contribution in [0.2, 0.25) is 10.0 Å². The van der Waals surface area contributed by atoms with E-state index in [1.165, 1.54) is 16.9 Å². The average molecular weight is 519 g/mol. The van der Waals surface area contributed by atoms with Gasteiger partial charge >= 0.3 is 0 Å². The van der Waals surface area contributed by atoms with Gasteiger partial charge in [0, 0.05) is 24.3 Å². The fourth-order valence-corrected chi connectivity index (χ4v) is 4.64. The lowest BCUT2D eigenvalue weighted by Gasteiger charge is -2.35. The van der Waals surface area contributed by atoms with Crippen LogP contribution in [-0.4, -0.2) is 64.6 Å². The van der Waals surface area contributed by atoms with Crippen molar-refractivity contribution in [2.24, 2.45) is 5.73 Å². The molecule has 11 heteroatoms. The minimum Gasteiger partial charge on any atom is -0.364 e. The van der Waals surface area contributed by atoms with Crippen LogP contribution in [0, 0.1) is 5.82 Å². The second-order valence-electron chi connectivity index (χ2n) is 8.54. The minimum absolute atomic E-state index is 0.0489. The lowest BCUT2D eigenvalue weighted by molar-refractivity contribution is 0.0659. The van der Waals surface area contributed by atoms with Gasteiger partial charge in [0.25, 0.3) is 11.8 Å². The van der Waals surface area contributed by atoms with Gasteiger partial charge in [-0.3, -0.25) is 9.59 Å². The summed E-state index contributed by atoms with van der Waals surface area (Å²) in [5, 5.41) is 7.13. The normalized spacial score (nSPS) is 14.7. The highest BCUT2D eigenvalue weighted by molar-refractivity contribution is 6.37. The number of piperidine rings is 1. The quantitative estimate of drug-likeness (QED) is 0.473. The number of likely N-dealkylation sites (tertiary alicyclic amines) is 1. The molecule has 0 atom stereocenters. The second-order valence-corrected chi connectivity index (χ2v) is 9.33.